The highest BCUT2D eigenvalue weighted by atomic mass is 35.5. The van der Waals surface area contributed by atoms with Crippen LogP contribution >= 0.6 is 11.6 Å². The third-order valence-corrected chi connectivity index (χ3v) is 6.88. The fraction of sp³-hybridized carbons (Fsp3) is 0.348. The van der Waals surface area contributed by atoms with E-state index in [0.29, 0.717) is 16.3 Å². The van der Waals surface area contributed by atoms with Gasteiger partial charge in [0.15, 0.2) is 5.78 Å². The number of nitrogens with zero attached hydrogens (tertiary/aromatic N) is 2. The average molecular weight is 409 g/mol. The van der Waals surface area contributed by atoms with Crippen molar-refractivity contribution in [3.8, 4) is 0 Å². The van der Waals surface area contributed by atoms with Gasteiger partial charge in [-0.3, -0.25) is 19.3 Å². The van der Waals surface area contributed by atoms with Gasteiger partial charge in [0.05, 0.1) is 28.6 Å². The fourth-order valence-corrected chi connectivity index (χ4v) is 5.51. The second-order valence-corrected chi connectivity index (χ2v) is 8.54. The second-order valence-electron chi connectivity index (χ2n) is 8.14. The molecule has 4 atom stereocenters. The van der Waals surface area contributed by atoms with Crippen LogP contribution in [-0.2, 0) is 9.59 Å². The summed E-state index contributed by atoms with van der Waals surface area (Å²) in [7, 11) is 0. The number of hydrogen-bond acceptors (Lipinski definition) is 4. The van der Waals surface area contributed by atoms with Crippen molar-refractivity contribution in [1.82, 2.24) is 4.90 Å². The van der Waals surface area contributed by atoms with E-state index in [1.54, 1.807) is 36.4 Å². The largest absolute Gasteiger partial charge is 0.292 e. The molecule has 0 spiro atoms. The summed E-state index contributed by atoms with van der Waals surface area (Å²) in [5.74, 6) is -1.75. The monoisotopic (exact) mass is 408 g/mol. The molecular weight excluding hydrogens is 388 g/mol. The quantitative estimate of drug-likeness (QED) is 0.576. The molecular formula is C23H21ClN2O3. The Kier molecular flexibility index (Phi) is 4.33. The van der Waals surface area contributed by atoms with Gasteiger partial charge in [-0.25, -0.2) is 4.90 Å². The predicted octanol–water partition coefficient (Wildman–Crippen LogP) is 3.48. The summed E-state index contributed by atoms with van der Waals surface area (Å²) in [6.45, 7) is 2.68. The smallest absolute Gasteiger partial charge is 0.239 e. The number of anilines is 1. The summed E-state index contributed by atoms with van der Waals surface area (Å²) in [5.41, 5.74) is 2.05. The lowest BCUT2D eigenvalue weighted by atomic mass is 9.85. The number of hydrogen-bond donors (Lipinski definition) is 0. The highest BCUT2D eigenvalue weighted by Gasteiger charge is 2.64. The zero-order valence-electron chi connectivity index (χ0n) is 16.0. The zero-order valence-corrected chi connectivity index (χ0v) is 16.8. The van der Waals surface area contributed by atoms with Gasteiger partial charge in [0, 0.05) is 11.6 Å². The van der Waals surface area contributed by atoms with Gasteiger partial charge in [0.1, 0.15) is 0 Å². The summed E-state index contributed by atoms with van der Waals surface area (Å²) in [5, 5.41) is 0.379. The third-order valence-electron chi connectivity index (χ3n) is 6.55. The van der Waals surface area contributed by atoms with Crippen LogP contribution in [0.15, 0.2) is 48.5 Å². The van der Waals surface area contributed by atoms with E-state index in [4.69, 9.17) is 11.6 Å². The van der Waals surface area contributed by atoms with Gasteiger partial charge in [0.25, 0.3) is 0 Å². The molecule has 2 aromatic carbocycles. The molecule has 6 heteroatoms. The average Bonchev–Trinajstić information content (AvgIpc) is 3.35. The van der Waals surface area contributed by atoms with Crippen molar-refractivity contribution in [2.45, 2.75) is 31.8 Å². The first-order valence-electron chi connectivity index (χ1n) is 9.98. The van der Waals surface area contributed by atoms with E-state index < -0.39 is 17.9 Å². The summed E-state index contributed by atoms with van der Waals surface area (Å²) in [6, 6.07) is 13.6. The normalized spacial score (nSPS) is 28.7. The van der Waals surface area contributed by atoms with Gasteiger partial charge < -0.3 is 0 Å². The first-order chi connectivity index (χ1) is 14.0. The van der Waals surface area contributed by atoms with Crippen LogP contribution in [0.5, 0.6) is 0 Å². The van der Waals surface area contributed by atoms with E-state index in [-0.39, 0.29) is 23.6 Å². The first-order valence-corrected chi connectivity index (χ1v) is 10.4. The summed E-state index contributed by atoms with van der Waals surface area (Å²) >= 11 is 6.29. The maximum absolute atomic E-state index is 13.5. The van der Waals surface area contributed by atoms with Crippen molar-refractivity contribution >= 4 is 34.9 Å². The predicted molar refractivity (Wildman–Crippen MR) is 110 cm³/mol. The van der Waals surface area contributed by atoms with Crippen molar-refractivity contribution in [3.63, 3.8) is 0 Å². The Balaban J connectivity index is 1.56. The third kappa shape index (κ3) is 2.68. The summed E-state index contributed by atoms with van der Waals surface area (Å²) in [6.07, 6.45) is 1.75. The molecule has 148 valence electrons. The minimum Gasteiger partial charge on any atom is -0.292 e. The number of aryl methyl sites for hydroxylation is 1. The lowest BCUT2D eigenvalue weighted by Crippen LogP contribution is -2.46. The number of fused-ring (bicyclic) bond motifs is 3. The van der Waals surface area contributed by atoms with Crippen LogP contribution in [0.2, 0.25) is 5.02 Å². The number of imide groups is 1. The topological polar surface area (TPSA) is 57.7 Å². The van der Waals surface area contributed by atoms with Crippen molar-refractivity contribution < 1.29 is 14.4 Å². The maximum Gasteiger partial charge on any atom is 0.239 e. The number of benzene rings is 2. The molecule has 2 amide bonds. The Morgan fingerprint density at radius 1 is 1.00 bits per heavy atom. The molecule has 5 nitrogen and oxygen atoms in total. The molecule has 5 rings (SSSR count). The molecule has 0 aromatic heterocycles. The van der Waals surface area contributed by atoms with Crippen LogP contribution in [-0.4, -0.2) is 41.1 Å². The molecule has 3 saturated heterocycles. The molecule has 3 heterocycles. The summed E-state index contributed by atoms with van der Waals surface area (Å²) in [4.78, 5) is 43.6. The molecule has 0 saturated carbocycles. The van der Waals surface area contributed by atoms with Gasteiger partial charge in [-0.2, -0.15) is 0 Å². The van der Waals surface area contributed by atoms with E-state index >= 15 is 0 Å². The molecule has 3 aliphatic heterocycles. The second kappa shape index (κ2) is 6.78. The first kappa shape index (κ1) is 18.5. The Bertz CT molecular complexity index is 1020. The van der Waals surface area contributed by atoms with Gasteiger partial charge in [-0.05, 0) is 50.6 Å². The van der Waals surface area contributed by atoms with Gasteiger partial charge in [0.2, 0.25) is 11.8 Å². The Labute approximate surface area is 174 Å². The maximum atomic E-state index is 13.5. The van der Waals surface area contributed by atoms with Crippen LogP contribution in [0.4, 0.5) is 5.69 Å². The molecule has 0 aliphatic carbocycles. The van der Waals surface area contributed by atoms with E-state index in [9.17, 15) is 14.4 Å². The van der Waals surface area contributed by atoms with E-state index in [0.717, 1.165) is 24.9 Å². The van der Waals surface area contributed by atoms with E-state index in [1.807, 2.05) is 19.1 Å². The summed E-state index contributed by atoms with van der Waals surface area (Å²) < 4.78 is 0. The number of carbonyl (C=O) groups is 3. The number of rotatable bonds is 3. The van der Waals surface area contributed by atoms with Crippen LogP contribution < -0.4 is 4.90 Å². The van der Waals surface area contributed by atoms with Crippen molar-refractivity contribution in [2.75, 3.05) is 11.4 Å². The number of halogens is 1. The lowest BCUT2D eigenvalue weighted by molar-refractivity contribution is -0.123. The number of ketones is 1. The van der Waals surface area contributed by atoms with Crippen molar-refractivity contribution in [1.29, 1.82) is 0 Å². The molecule has 3 fully saturated rings. The lowest BCUT2D eigenvalue weighted by Gasteiger charge is -2.27. The van der Waals surface area contributed by atoms with Crippen molar-refractivity contribution in [2.24, 2.45) is 11.8 Å². The van der Waals surface area contributed by atoms with Crippen LogP contribution in [0.25, 0.3) is 0 Å². The molecule has 3 aliphatic rings. The Morgan fingerprint density at radius 3 is 2.41 bits per heavy atom. The standard InChI is InChI=1S/C23H21ClN2O3/c1-13-8-10-14(11-9-13)26-22(28)18-17-7-4-12-25(17)20(19(18)23(26)29)21(27)15-5-2-3-6-16(15)24/h2-3,5-6,8-11,17-20H,4,7,12H2,1H3. The van der Waals surface area contributed by atoms with E-state index in [1.165, 1.54) is 4.90 Å². The zero-order chi connectivity index (χ0) is 20.3. The van der Waals surface area contributed by atoms with Gasteiger partial charge in [-0.15, -0.1) is 0 Å². The Morgan fingerprint density at radius 2 is 1.69 bits per heavy atom. The molecule has 2 aromatic rings. The van der Waals surface area contributed by atoms with Crippen LogP contribution in [0.1, 0.15) is 28.8 Å². The highest BCUT2D eigenvalue weighted by molar-refractivity contribution is 6.34. The van der Waals surface area contributed by atoms with Crippen molar-refractivity contribution in [3.05, 3.63) is 64.7 Å². The molecule has 0 N–H and O–H groups in total. The van der Waals surface area contributed by atoms with Gasteiger partial charge in [-0.1, -0.05) is 41.4 Å². The minimum absolute atomic E-state index is 0.0664. The number of carbonyl (C=O) groups excluding carboxylic acids is 3. The molecule has 0 bridgehead atoms. The number of amides is 2. The number of Topliss-reactive ketones (excluding diaryl/α,β-unsaturated/α-hetero) is 1. The van der Waals surface area contributed by atoms with Crippen LogP contribution in [0.3, 0.4) is 0 Å². The van der Waals surface area contributed by atoms with E-state index in [2.05, 4.69) is 4.90 Å². The van der Waals surface area contributed by atoms with Crippen LogP contribution in [0, 0.1) is 18.8 Å². The fourth-order valence-electron chi connectivity index (χ4n) is 5.28. The molecule has 29 heavy (non-hydrogen) atoms. The molecule has 4 unspecified atom stereocenters. The highest BCUT2D eigenvalue weighted by Crippen LogP contribution is 2.48. The van der Waals surface area contributed by atoms with Gasteiger partial charge >= 0.3 is 0 Å². The minimum atomic E-state index is -0.655. The Hall–Kier alpha value is -2.50. The SMILES string of the molecule is Cc1ccc(N2C(=O)C3C(C2=O)C(C(=O)c2ccccc2Cl)N2CCCC32)cc1. The molecule has 0 radical (unpaired) electrons.